The molecule has 1 saturated heterocycles. The number of amides is 2. The van der Waals surface area contributed by atoms with E-state index in [0.717, 1.165) is 11.0 Å². The average molecular weight is 518 g/mol. The minimum atomic E-state index is -4.76. The van der Waals surface area contributed by atoms with E-state index < -0.39 is 45.1 Å². The standard InChI is InChI=1S/C24H14F4N2O5S/c25-17-7-4-14(5-8-17)13-29-22(31)21(36-23(29)32)11-15-2-1-3-18(10-15)35-20-9-6-16(24(26,27)28)12-19(20)30(33)34/h1-12H,13H2/b21-11-. The van der Waals surface area contributed by atoms with Crippen LogP contribution in [-0.4, -0.2) is 21.0 Å². The van der Waals surface area contributed by atoms with Crippen molar-refractivity contribution in [1.82, 2.24) is 4.90 Å². The number of halogens is 4. The number of ether oxygens (including phenoxy) is 1. The number of rotatable bonds is 6. The Labute approximate surface area is 205 Å². The number of nitro benzene ring substituents is 1. The molecule has 0 unspecified atom stereocenters. The van der Waals surface area contributed by atoms with Crippen LogP contribution in [0.3, 0.4) is 0 Å². The second-order valence-corrected chi connectivity index (χ2v) is 8.50. The third kappa shape index (κ3) is 5.54. The predicted octanol–water partition coefficient (Wildman–Crippen LogP) is 6.78. The van der Waals surface area contributed by atoms with E-state index in [-0.39, 0.29) is 17.2 Å². The van der Waals surface area contributed by atoms with Crippen molar-refractivity contribution in [3.63, 3.8) is 0 Å². The van der Waals surface area contributed by atoms with Crippen molar-refractivity contribution in [2.24, 2.45) is 0 Å². The summed E-state index contributed by atoms with van der Waals surface area (Å²) in [6.45, 7) is -0.0387. The monoisotopic (exact) mass is 518 g/mol. The summed E-state index contributed by atoms with van der Waals surface area (Å²) in [5.74, 6) is -1.34. The summed E-state index contributed by atoms with van der Waals surface area (Å²) >= 11 is 0.707. The van der Waals surface area contributed by atoms with Crippen LogP contribution in [0.1, 0.15) is 16.7 Å². The number of hydrogen-bond donors (Lipinski definition) is 0. The topological polar surface area (TPSA) is 89.7 Å². The van der Waals surface area contributed by atoms with Crippen LogP contribution >= 0.6 is 11.8 Å². The highest BCUT2D eigenvalue weighted by Gasteiger charge is 2.35. The van der Waals surface area contributed by atoms with E-state index in [9.17, 15) is 37.3 Å². The van der Waals surface area contributed by atoms with Gasteiger partial charge in [-0.3, -0.25) is 24.6 Å². The zero-order chi connectivity index (χ0) is 26.0. The molecular weight excluding hydrogens is 504 g/mol. The van der Waals surface area contributed by atoms with Gasteiger partial charge in [0.2, 0.25) is 5.75 Å². The number of alkyl halides is 3. The van der Waals surface area contributed by atoms with E-state index in [1.807, 2.05) is 0 Å². The fourth-order valence-corrected chi connectivity index (χ4v) is 4.12. The van der Waals surface area contributed by atoms with Gasteiger partial charge in [-0.15, -0.1) is 0 Å². The highest BCUT2D eigenvalue weighted by molar-refractivity contribution is 8.18. The zero-order valence-corrected chi connectivity index (χ0v) is 18.8. The molecule has 7 nitrogen and oxygen atoms in total. The van der Waals surface area contributed by atoms with Crippen molar-refractivity contribution in [3.05, 3.63) is 104 Å². The van der Waals surface area contributed by atoms with Gasteiger partial charge in [0.25, 0.3) is 11.1 Å². The molecule has 0 N–H and O–H groups in total. The lowest BCUT2D eigenvalue weighted by atomic mass is 10.1. The zero-order valence-electron chi connectivity index (χ0n) is 18.0. The van der Waals surface area contributed by atoms with Gasteiger partial charge in [0.15, 0.2) is 0 Å². The lowest BCUT2D eigenvalue weighted by Gasteiger charge is -2.12. The molecule has 12 heteroatoms. The summed E-state index contributed by atoms with van der Waals surface area (Å²) in [5.41, 5.74) is -1.08. The van der Waals surface area contributed by atoms with Crippen molar-refractivity contribution in [2.45, 2.75) is 12.7 Å². The third-order valence-electron chi connectivity index (χ3n) is 4.99. The molecule has 1 fully saturated rings. The van der Waals surface area contributed by atoms with E-state index in [1.54, 1.807) is 6.07 Å². The molecule has 36 heavy (non-hydrogen) atoms. The minimum Gasteiger partial charge on any atom is -0.450 e. The Hall–Kier alpha value is -4.19. The summed E-state index contributed by atoms with van der Waals surface area (Å²) < 4.78 is 57.3. The van der Waals surface area contributed by atoms with Crippen LogP contribution in [0.5, 0.6) is 11.5 Å². The summed E-state index contributed by atoms with van der Waals surface area (Å²) in [5, 5.41) is 10.8. The van der Waals surface area contributed by atoms with Gasteiger partial charge >= 0.3 is 11.9 Å². The van der Waals surface area contributed by atoms with Gasteiger partial charge in [0.05, 0.1) is 21.9 Å². The Morgan fingerprint density at radius 2 is 1.75 bits per heavy atom. The fraction of sp³-hybridized carbons (Fsp3) is 0.0833. The first-order chi connectivity index (χ1) is 17.0. The van der Waals surface area contributed by atoms with Crippen LogP contribution in [-0.2, 0) is 17.5 Å². The maximum Gasteiger partial charge on any atom is 0.416 e. The molecule has 1 aliphatic rings. The van der Waals surface area contributed by atoms with Gasteiger partial charge in [-0.05, 0) is 65.4 Å². The summed E-state index contributed by atoms with van der Waals surface area (Å²) in [7, 11) is 0. The van der Waals surface area contributed by atoms with Gasteiger partial charge in [-0.2, -0.15) is 13.2 Å². The lowest BCUT2D eigenvalue weighted by Crippen LogP contribution is -2.27. The molecule has 4 rings (SSSR count). The van der Waals surface area contributed by atoms with Crippen LogP contribution in [0.4, 0.5) is 28.0 Å². The lowest BCUT2D eigenvalue weighted by molar-refractivity contribution is -0.385. The summed E-state index contributed by atoms with van der Waals surface area (Å²) in [6.07, 6.45) is -3.34. The Kier molecular flexibility index (Phi) is 6.80. The highest BCUT2D eigenvalue weighted by atomic mass is 32.2. The molecule has 0 atom stereocenters. The molecule has 0 aliphatic carbocycles. The minimum absolute atomic E-state index is 0.0387. The number of benzene rings is 3. The quantitative estimate of drug-likeness (QED) is 0.155. The molecular formula is C24H14F4N2O5S. The molecule has 0 bridgehead atoms. The Morgan fingerprint density at radius 3 is 2.42 bits per heavy atom. The summed E-state index contributed by atoms with van der Waals surface area (Å²) in [6, 6.07) is 13.2. The maximum atomic E-state index is 13.1. The van der Waals surface area contributed by atoms with Crippen molar-refractivity contribution in [3.8, 4) is 11.5 Å². The van der Waals surface area contributed by atoms with Gasteiger partial charge in [-0.25, -0.2) is 4.39 Å². The molecule has 0 aromatic heterocycles. The number of thioether (sulfide) groups is 1. The number of carbonyl (C=O) groups is 2. The van der Waals surface area contributed by atoms with E-state index in [2.05, 4.69) is 0 Å². The smallest absolute Gasteiger partial charge is 0.416 e. The molecule has 1 aliphatic heterocycles. The number of nitro groups is 1. The van der Waals surface area contributed by atoms with Crippen LogP contribution < -0.4 is 4.74 Å². The molecule has 1 heterocycles. The van der Waals surface area contributed by atoms with Gasteiger partial charge in [0, 0.05) is 6.07 Å². The Balaban J connectivity index is 1.55. The molecule has 2 amide bonds. The van der Waals surface area contributed by atoms with Gasteiger partial charge in [-0.1, -0.05) is 24.3 Å². The molecule has 184 valence electrons. The number of imide groups is 1. The highest BCUT2D eigenvalue weighted by Crippen LogP contribution is 2.38. The molecule has 0 spiro atoms. The van der Waals surface area contributed by atoms with E-state index in [4.69, 9.17) is 4.74 Å². The first-order valence-electron chi connectivity index (χ1n) is 10.1. The molecule has 0 radical (unpaired) electrons. The largest absolute Gasteiger partial charge is 0.450 e. The first kappa shape index (κ1) is 24.9. The van der Waals surface area contributed by atoms with Crippen molar-refractivity contribution < 1.29 is 36.8 Å². The molecule has 3 aromatic rings. The van der Waals surface area contributed by atoms with Crippen LogP contribution in [0, 0.1) is 15.9 Å². The normalized spacial score (nSPS) is 15.0. The van der Waals surface area contributed by atoms with Crippen molar-refractivity contribution in [1.29, 1.82) is 0 Å². The SMILES string of the molecule is O=C1S/C(=C\c2cccc(Oc3ccc(C(F)(F)F)cc3[N+](=O)[O-])c2)C(=O)N1Cc1ccc(F)cc1. The van der Waals surface area contributed by atoms with E-state index in [1.165, 1.54) is 48.5 Å². The first-order valence-corrected chi connectivity index (χ1v) is 11.0. The number of hydrogen-bond acceptors (Lipinski definition) is 6. The molecule has 0 saturated carbocycles. The van der Waals surface area contributed by atoms with Crippen LogP contribution in [0.15, 0.2) is 71.6 Å². The maximum absolute atomic E-state index is 13.1. The van der Waals surface area contributed by atoms with Gasteiger partial charge in [0.1, 0.15) is 11.6 Å². The van der Waals surface area contributed by atoms with Crippen LogP contribution in [0.25, 0.3) is 6.08 Å². The second-order valence-electron chi connectivity index (χ2n) is 7.51. The van der Waals surface area contributed by atoms with E-state index >= 15 is 0 Å². The Bertz CT molecular complexity index is 1390. The van der Waals surface area contributed by atoms with Crippen LogP contribution in [0.2, 0.25) is 0 Å². The van der Waals surface area contributed by atoms with E-state index in [0.29, 0.717) is 35.0 Å². The summed E-state index contributed by atoms with van der Waals surface area (Å²) in [4.78, 5) is 36.5. The van der Waals surface area contributed by atoms with Crippen molar-refractivity contribution in [2.75, 3.05) is 0 Å². The Morgan fingerprint density at radius 1 is 1.03 bits per heavy atom. The molecule has 3 aromatic carbocycles. The number of carbonyl (C=O) groups excluding carboxylic acids is 2. The van der Waals surface area contributed by atoms with Gasteiger partial charge < -0.3 is 4.74 Å². The predicted molar refractivity (Wildman–Crippen MR) is 123 cm³/mol. The fourth-order valence-electron chi connectivity index (χ4n) is 3.28. The number of nitrogens with zero attached hydrogens (tertiary/aromatic N) is 2. The van der Waals surface area contributed by atoms with Crippen molar-refractivity contribution >= 4 is 34.7 Å². The second kappa shape index (κ2) is 9.82. The third-order valence-corrected chi connectivity index (χ3v) is 5.90. The average Bonchev–Trinajstić information content (AvgIpc) is 3.07.